The van der Waals surface area contributed by atoms with Crippen LogP contribution in [0.15, 0.2) is 60.7 Å². The average Bonchev–Trinajstić information content (AvgIpc) is 3.01. The van der Waals surface area contributed by atoms with Gasteiger partial charge in [-0.2, -0.15) is 0 Å². The Labute approximate surface area is 127 Å². The van der Waals surface area contributed by atoms with Crippen LogP contribution in [-0.4, -0.2) is 17.0 Å². The van der Waals surface area contributed by atoms with Crippen LogP contribution in [0.4, 0.5) is 5.82 Å². The van der Waals surface area contributed by atoms with Gasteiger partial charge in [-0.05, 0) is 34.8 Å². The van der Waals surface area contributed by atoms with E-state index in [0.717, 1.165) is 16.9 Å². The van der Waals surface area contributed by atoms with Gasteiger partial charge in [-0.15, -0.1) is 0 Å². The molecule has 1 N–H and O–H groups in total. The highest BCUT2D eigenvalue weighted by molar-refractivity contribution is 5.78. The molecule has 0 saturated carbocycles. The number of nitrogens with one attached hydrogen (secondary N) is 1. The summed E-state index contributed by atoms with van der Waals surface area (Å²) in [5, 5.41) is 11.3. The van der Waals surface area contributed by atoms with Crippen molar-refractivity contribution < 1.29 is 9.66 Å². The van der Waals surface area contributed by atoms with E-state index in [0.29, 0.717) is 11.3 Å². The number of benzene rings is 2. The molecule has 2 aromatic carbocycles. The summed E-state index contributed by atoms with van der Waals surface area (Å²) in [5.74, 6) is 0.741. The summed E-state index contributed by atoms with van der Waals surface area (Å²) in [4.78, 5) is 13.8. The molecule has 0 fully saturated rings. The lowest BCUT2D eigenvalue weighted by Gasteiger charge is -1.99. The van der Waals surface area contributed by atoms with Crippen molar-refractivity contribution in [2.24, 2.45) is 0 Å². The monoisotopic (exact) mass is 294 g/mol. The summed E-state index contributed by atoms with van der Waals surface area (Å²) in [6.45, 7) is 0. The summed E-state index contributed by atoms with van der Waals surface area (Å²) in [7, 11) is 1.60. The summed E-state index contributed by atoms with van der Waals surface area (Å²) in [5.41, 5.74) is 2.96. The Balaban J connectivity index is 2.08. The first kappa shape index (κ1) is 13.9. The van der Waals surface area contributed by atoms with Crippen LogP contribution in [0.5, 0.6) is 5.75 Å². The average molecular weight is 294 g/mol. The zero-order chi connectivity index (χ0) is 15.5. The molecular weight excluding hydrogens is 280 g/mol. The van der Waals surface area contributed by atoms with Crippen molar-refractivity contribution in [3.8, 4) is 28.1 Å². The Bertz CT molecular complexity index is 793. The van der Waals surface area contributed by atoms with Crippen molar-refractivity contribution in [3.63, 3.8) is 0 Å². The van der Waals surface area contributed by atoms with E-state index in [1.807, 2.05) is 54.6 Å². The predicted octanol–water partition coefficient (Wildman–Crippen LogP) is 4.27. The molecule has 22 heavy (non-hydrogen) atoms. The van der Waals surface area contributed by atoms with E-state index < -0.39 is 4.92 Å². The normalized spacial score (nSPS) is 10.4. The zero-order valence-corrected chi connectivity index (χ0v) is 11.9. The van der Waals surface area contributed by atoms with Crippen LogP contribution in [0.3, 0.4) is 0 Å². The fraction of sp³-hybridized carbons (Fsp3) is 0.0588. The second-order valence-corrected chi connectivity index (χ2v) is 4.80. The standard InChI is InChI=1S/C17H14N2O3/c1-22-14-9-7-13(8-10-14)16-11-15(17(18-16)19(20)21)12-5-3-2-4-6-12/h2-11,18H,1H3. The summed E-state index contributed by atoms with van der Waals surface area (Å²) in [6, 6.07) is 18.5. The summed E-state index contributed by atoms with van der Waals surface area (Å²) in [6.07, 6.45) is 0. The minimum atomic E-state index is -0.393. The Hall–Kier alpha value is -3.08. The molecule has 0 spiro atoms. The second-order valence-electron chi connectivity index (χ2n) is 4.80. The van der Waals surface area contributed by atoms with Gasteiger partial charge < -0.3 is 14.9 Å². The lowest BCUT2D eigenvalue weighted by Crippen LogP contribution is -1.90. The fourth-order valence-corrected chi connectivity index (χ4v) is 2.35. The number of aromatic amines is 1. The molecular formula is C17H14N2O3. The van der Waals surface area contributed by atoms with Crippen molar-refractivity contribution in [2.75, 3.05) is 7.11 Å². The third kappa shape index (κ3) is 2.56. The van der Waals surface area contributed by atoms with Crippen molar-refractivity contribution in [2.45, 2.75) is 0 Å². The van der Waals surface area contributed by atoms with Crippen LogP contribution >= 0.6 is 0 Å². The van der Waals surface area contributed by atoms with E-state index >= 15 is 0 Å². The molecule has 1 heterocycles. The van der Waals surface area contributed by atoms with E-state index in [1.54, 1.807) is 13.2 Å². The molecule has 0 unspecified atom stereocenters. The van der Waals surface area contributed by atoms with Gasteiger partial charge in [0.1, 0.15) is 11.4 Å². The maximum absolute atomic E-state index is 11.3. The molecule has 0 aliphatic carbocycles. The highest BCUT2D eigenvalue weighted by atomic mass is 16.6. The first-order valence-corrected chi connectivity index (χ1v) is 6.76. The lowest BCUT2D eigenvalue weighted by atomic mass is 10.1. The SMILES string of the molecule is COc1ccc(-c2cc(-c3ccccc3)c([N+](=O)[O-])[nH]2)cc1. The minimum Gasteiger partial charge on any atom is -0.497 e. The van der Waals surface area contributed by atoms with Crippen molar-refractivity contribution in [1.29, 1.82) is 0 Å². The van der Waals surface area contributed by atoms with Crippen LogP contribution in [0.1, 0.15) is 0 Å². The third-order valence-electron chi connectivity index (χ3n) is 3.47. The summed E-state index contributed by atoms with van der Waals surface area (Å²) < 4.78 is 5.12. The van der Waals surface area contributed by atoms with Gasteiger partial charge >= 0.3 is 5.82 Å². The quantitative estimate of drug-likeness (QED) is 0.577. The molecule has 5 nitrogen and oxygen atoms in total. The number of hydrogen-bond acceptors (Lipinski definition) is 3. The first-order valence-electron chi connectivity index (χ1n) is 6.76. The lowest BCUT2D eigenvalue weighted by molar-refractivity contribution is -0.388. The Morgan fingerprint density at radius 2 is 1.68 bits per heavy atom. The molecule has 0 amide bonds. The summed E-state index contributed by atoms with van der Waals surface area (Å²) >= 11 is 0. The number of H-pyrrole nitrogens is 1. The Morgan fingerprint density at radius 3 is 2.27 bits per heavy atom. The molecule has 0 saturated heterocycles. The number of nitrogens with zero attached hydrogens (tertiary/aromatic N) is 1. The van der Waals surface area contributed by atoms with Gasteiger partial charge in [0.15, 0.2) is 0 Å². The molecule has 0 bridgehead atoms. The zero-order valence-electron chi connectivity index (χ0n) is 11.9. The smallest absolute Gasteiger partial charge is 0.329 e. The molecule has 3 aromatic rings. The Kier molecular flexibility index (Phi) is 3.62. The van der Waals surface area contributed by atoms with E-state index in [2.05, 4.69) is 4.98 Å². The maximum atomic E-state index is 11.3. The number of methoxy groups -OCH3 is 1. The Morgan fingerprint density at radius 1 is 1.00 bits per heavy atom. The molecule has 0 aliphatic rings. The fourth-order valence-electron chi connectivity index (χ4n) is 2.35. The van der Waals surface area contributed by atoms with Crippen molar-refractivity contribution >= 4 is 5.82 Å². The maximum Gasteiger partial charge on any atom is 0.329 e. The van der Waals surface area contributed by atoms with Gasteiger partial charge in [-0.25, -0.2) is 4.98 Å². The molecule has 0 radical (unpaired) electrons. The van der Waals surface area contributed by atoms with E-state index in [9.17, 15) is 10.1 Å². The van der Waals surface area contributed by atoms with Gasteiger partial charge in [0, 0.05) is 11.6 Å². The van der Waals surface area contributed by atoms with E-state index in [1.165, 1.54) is 0 Å². The van der Waals surface area contributed by atoms with Crippen molar-refractivity contribution in [1.82, 2.24) is 4.98 Å². The van der Waals surface area contributed by atoms with Crippen molar-refractivity contribution in [3.05, 3.63) is 70.8 Å². The van der Waals surface area contributed by atoms with Gasteiger partial charge in [0.05, 0.1) is 12.7 Å². The largest absolute Gasteiger partial charge is 0.497 e. The van der Waals surface area contributed by atoms with Gasteiger partial charge in [0.2, 0.25) is 0 Å². The van der Waals surface area contributed by atoms with Gasteiger partial charge in [-0.3, -0.25) is 0 Å². The number of rotatable bonds is 4. The van der Waals surface area contributed by atoms with Gasteiger partial charge in [0.25, 0.3) is 0 Å². The topological polar surface area (TPSA) is 68.2 Å². The van der Waals surface area contributed by atoms with E-state index in [-0.39, 0.29) is 5.82 Å². The number of nitro groups is 1. The number of aromatic nitrogens is 1. The van der Waals surface area contributed by atoms with Crippen LogP contribution in [0.25, 0.3) is 22.4 Å². The molecule has 0 atom stereocenters. The molecule has 5 heteroatoms. The predicted molar refractivity (Wildman–Crippen MR) is 84.9 cm³/mol. The highest BCUT2D eigenvalue weighted by Crippen LogP contribution is 2.34. The van der Waals surface area contributed by atoms with Gasteiger partial charge in [-0.1, -0.05) is 30.3 Å². The van der Waals surface area contributed by atoms with Crippen LogP contribution in [0, 0.1) is 10.1 Å². The number of ether oxygens (including phenoxy) is 1. The number of hydrogen-bond donors (Lipinski definition) is 1. The second kappa shape index (κ2) is 5.73. The molecule has 0 aliphatic heterocycles. The van der Waals surface area contributed by atoms with Crippen LogP contribution < -0.4 is 4.74 Å². The highest BCUT2D eigenvalue weighted by Gasteiger charge is 2.20. The van der Waals surface area contributed by atoms with E-state index in [4.69, 9.17) is 4.74 Å². The molecule has 3 rings (SSSR count). The molecule has 1 aromatic heterocycles. The molecule has 110 valence electrons. The first-order chi connectivity index (χ1) is 10.7. The minimum absolute atomic E-state index is 0.00276. The van der Waals surface area contributed by atoms with Crippen LogP contribution in [0.2, 0.25) is 0 Å². The van der Waals surface area contributed by atoms with Crippen LogP contribution in [-0.2, 0) is 0 Å². The third-order valence-corrected chi connectivity index (χ3v) is 3.47.